The molecule has 200 valence electrons. The number of benzene rings is 3. The third-order valence-electron chi connectivity index (χ3n) is 5.62. The van der Waals surface area contributed by atoms with Crippen molar-refractivity contribution in [1.29, 1.82) is 0 Å². The number of imide groups is 1. The number of carbonyl (C=O) groups excluding carboxylic acids is 3. The van der Waals surface area contributed by atoms with Gasteiger partial charge in [0.2, 0.25) is 0 Å². The van der Waals surface area contributed by atoms with E-state index in [2.05, 4.69) is 5.32 Å². The van der Waals surface area contributed by atoms with E-state index in [9.17, 15) is 24.5 Å². The Kier molecular flexibility index (Phi) is 8.62. The molecule has 0 atom stereocenters. The van der Waals surface area contributed by atoms with Crippen LogP contribution in [0.1, 0.15) is 23.6 Å². The fraction of sp³-hybridized carbons (Fsp3) is 0.179. The first-order valence-corrected chi connectivity index (χ1v) is 12.8. The van der Waals surface area contributed by atoms with E-state index in [1.807, 2.05) is 26.0 Å². The number of nitro benzene ring substituents is 1. The Labute approximate surface area is 228 Å². The van der Waals surface area contributed by atoms with Crippen molar-refractivity contribution in [1.82, 2.24) is 4.90 Å². The van der Waals surface area contributed by atoms with Crippen molar-refractivity contribution >= 4 is 46.3 Å². The Morgan fingerprint density at radius 2 is 1.74 bits per heavy atom. The molecule has 0 aromatic heterocycles. The molecule has 1 saturated heterocycles. The largest absolute Gasteiger partial charge is 0.490 e. The number of nitrogens with zero attached hydrogens (tertiary/aromatic N) is 2. The number of hydrogen-bond acceptors (Lipinski definition) is 8. The number of thioether (sulfide) groups is 1. The molecule has 1 aliphatic rings. The lowest BCUT2D eigenvalue weighted by Gasteiger charge is -2.13. The van der Waals surface area contributed by atoms with Crippen LogP contribution in [0.3, 0.4) is 0 Å². The number of ether oxygens (including phenoxy) is 2. The van der Waals surface area contributed by atoms with Gasteiger partial charge in [-0.15, -0.1) is 0 Å². The molecule has 39 heavy (non-hydrogen) atoms. The van der Waals surface area contributed by atoms with Gasteiger partial charge in [-0.05, 0) is 67.1 Å². The van der Waals surface area contributed by atoms with Gasteiger partial charge in [0.15, 0.2) is 18.1 Å². The van der Waals surface area contributed by atoms with Crippen molar-refractivity contribution in [2.75, 3.05) is 18.5 Å². The zero-order valence-electron chi connectivity index (χ0n) is 21.2. The number of nitrogens with one attached hydrogen (secondary N) is 1. The number of amides is 3. The molecule has 0 bridgehead atoms. The molecule has 4 rings (SSSR count). The number of hydrogen-bond donors (Lipinski definition) is 1. The third-order valence-corrected chi connectivity index (χ3v) is 6.53. The van der Waals surface area contributed by atoms with Crippen LogP contribution in [-0.4, -0.2) is 40.1 Å². The Balaban J connectivity index is 1.43. The molecule has 0 spiro atoms. The summed E-state index contributed by atoms with van der Waals surface area (Å²) in [6.45, 7) is 3.89. The van der Waals surface area contributed by atoms with Gasteiger partial charge in [0.25, 0.3) is 22.7 Å². The number of aryl methyl sites for hydroxylation is 1. The van der Waals surface area contributed by atoms with Gasteiger partial charge in [0.1, 0.15) is 0 Å². The van der Waals surface area contributed by atoms with Crippen LogP contribution < -0.4 is 14.8 Å². The first-order valence-electron chi connectivity index (χ1n) is 12.0. The smallest absolute Gasteiger partial charge is 0.293 e. The Morgan fingerprint density at radius 1 is 1.03 bits per heavy atom. The maximum absolute atomic E-state index is 12.9. The second-order valence-corrected chi connectivity index (χ2v) is 9.53. The number of carbonyl (C=O) groups is 3. The second kappa shape index (κ2) is 12.3. The molecule has 10 nitrogen and oxygen atoms in total. The molecule has 0 radical (unpaired) electrons. The molecule has 0 unspecified atom stereocenters. The van der Waals surface area contributed by atoms with E-state index in [1.165, 1.54) is 24.3 Å². The lowest BCUT2D eigenvalue weighted by molar-refractivity contribution is -0.384. The number of non-ortho nitro benzene ring substituents is 1. The summed E-state index contributed by atoms with van der Waals surface area (Å²) in [5.41, 5.74) is 2.88. The van der Waals surface area contributed by atoms with Crippen LogP contribution in [0.4, 0.5) is 16.2 Å². The average molecular weight is 548 g/mol. The highest BCUT2D eigenvalue weighted by atomic mass is 32.2. The minimum absolute atomic E-state index is 0.00161. The summed E-state index contributed by atoms with van der Waals surface area (Å²) in [5.74, 6) is -0.0414. The second-order valence-electron chi connectivity index (χ2n) is 8.53. The van der Waals surface area contributed by atoms with E-state index in [-0.39, 0.29) is 29.7 Å². The van der Waals surface area contributed by atoms with Crippen molar-refractivity contribution in [2.45, 2.75) is 20.4 Å². The quantitative estimate of drug-likeness (QED) is 0.199. The molecule has 11 heteroatoms. The maximum atomic E-state index is 12.9. The Hall–Kier alpha value is -4.64. The van der Waals surface area contributed by atoms with E-state index >= 15 is 0 Å². The number of nitro groups is 1. The van der Waals surface area contributed by atoms with Gasteiger partial charge in [-0.1, -0.05) is 35.9 Å². The Morgan fingerprint density at radius 3 is 2.41 bits per heavy atom. The monoisotopic (exact) mass is 547 g/mol. The fourth-order valence-corrected chi connectivity index (χ4v) is 4.51. The normalized spacial score (nSPS) is 14.0. The van der Waals surface area contributed by atoms with Gasteiger partial charge in [-0.25, -0.2) is 0 Å². The van der Waals surface area contributed by atoms with Crippen LogP contribution >= 0.6 is 11.8 Å². The van der Waals surface area contributed by atoms with Crippen molar-refractivity contribution in [3.05, 3.63) is 98.4 Å². The van der Waals surface area contributed by atoms with Gasteiger partial charge < -0.3 is 14.8 Å². The van der Waals surface area contributed by atoms with Gasteiger partial charge in [-0.3, -0.25) is 29.4 Å². The maximum Gasteiger partial charge on any atom is 0.293 e. The fourth-order valence-electron chi connectivity index (χ4n) is 3.67. The van der Waals surface area contributed by atoms with Crippen LogP contribution in [0.2, 0.25) is 0 Å². The minimum atomic E-state index is -0.514. The first kappa shape index (κ1) is 27.4. The highest BCUT2D eigenvalue weighted by molar-refractivity contribution is 8.18. The van der Waals surface area contributed by atoms with Crippen LogP contribution in [0.15, 0.2) is 71.6 Å². The van der Waals surface area contributed by atoms with Crippen molar-refractivity contribution in [3.8, 4) is 11.5 Å². The van der Waals surface area contributed by atoms with Gasteiger partial charge in [0.05, 0.1) is 23.0 Å². The molecule has 1 N–H and O–H groups in total. The molecule has 3 aromatic carbocycles. The lowest BCUT2D eigenvalue weighted by Crippen LogP contribution is -2.27. The third kappa shape index (κ3) is 7.02. The van der Waals surface area contributed by atoms with Gasteiger partial charge >= 0.3 is 0 Å². The molecular weight excluding hydrogens is 522 g/mol. The standard InChI is InChI=1S/C28H25N3O7S/c1-3-37-24-14-20(8-13-23(24)38-17-26(32)29-21-9-4-18(2)5-10-21)15-25-27(33)30(28(34)39-25)16-19-6-11-22(12-7-19)31(35)36/h4-15H,3,16-17H2,1-2H3,(H,29,32)/b25-15+. The summed E-state index contributed by atoms with van der Waals surface area (Å²) in [5, 5.41) is 13.2. The van der Waals surface area contributed by atoms with Crippen LogP contribution in [0, 0.1) is 17.0 Å². The van der Waals surface area contributed by atoms with E-state index in [0.717, 1.165) is 22.2 Å². The summed E-state index contributed by atoms with van der Waals surface area (Å²) in [6.07, 6.45) is 1.58. The van der Waals surface area contributed by atoms with Gasteiger partial charge in [-0.2, -0.15) is 0 Å². The summed E-state index contributed by atoms with van der Waals surface area (Å²) in [4.78, 5) is 49.4. The summed E-state index contributed by atoms with van der Waals surface area (Å²) in [6, 6.07) is 18.1. The van der Waals surface area contributed by atoms with Crippen molar-refractivity contribution in [2.24, 2.45) is 0 Å². The summed E-state index contributed by atoms with van der Waals surface area (Å²) < 4.78 is 11.4. The lowest BCUT2D eigenvalue weighted by atomic mass is 10.1. The van der Waals surface area contributed by atoms with E-state index in [4.69, 9.17) is 9.47 Å². The summed E-state index contributed by atoms with van der Waals surface area (Å²) >= 11 is 0.809. The van der Waals surface area contributed by atoms with Crippen LogP contribution in [0.25, 0.3) is 6.08 Å². The molecular formula is C28H25N3O7S. The Bertz CT molecular complexity index is 1440. The van der Waals surface area contributed by atoms with Crippen molar-refractivity contribution in [3.63, 3.8) is 0 Å². The van der Waals surface area contributed by atoms with Crippen molar-refractivity contribution < 1.29 is 28.8 Å². The SMILES string of the molecule is CCOc1cc(/C=C2/SC(=O)N(Cc3ccc([N+](=O)[O-])cc3)C2=O)ccc1OCC(=O)Nc1ccc(C)cc1. The topological polar surface area (TPSA) is 128 Å². The summed E-state index contributed by atoms with van der Waals surface area (Å²) in [7, 11) is 0. The number of rotatable bonds is 10. The first-order chi connectivity index (χ1) is 18.7. The van der Waals surface area contributed by atoms with Crippen LogP contribution in [-0.2, 0) is 16.1 Å². The molecule has 3 amide bonds. The molecule has 3 aromatic rings. The molecule has 1 fully saturated rings. The highest BCUT2D eigenvalue weighted by Crippen LogP contribution is 2.35. The predicted octanol–water partition coefficient (Wildman–Crippen LogP) is 5.56. The van der Waals surface area contributed by atoms with E-state index < -0.39 is 16.1 Å². The molecule has 0 saturated carbocycles. The van der Waals surface area contributed by atoms with E-state index in [0.29, 0.717) is 34.9 Å². The zero-order valence-corrected chi connectivity index (χ0v) is 22.0. The van der Waals surface area contributed by atoms with E-state index in [1.54, 1.807) is 36.4 Å². The molecule has 0 aliphatic carbocycles. The highest BCUT2D eigenvalue weighted by Gasteiger charge is 2.35. The molecule has 1 heterocycles. The zero-order chi connectivity index (χ0) is 27.9. The average Bonchev–Trinajstić information content (AvgIpc) is 3.17. The van der Waals surface area contributed by atoms with Gasteiger partial charge in [0, 0.05) is 17.8 Å². The predicted molar refractivity (Wildman–Crippen MR) is 148 cm³/mol. The minimum Gasteiger partial charge on any atom is -0.490 e. The van der Waals surface area contributed by atoms with Crippen LogP contribution in [0.5, 0.6) is 11.5 Å². The number of anilines is 1. The molecule has 1 aliphatic heterocycles.